The first-order valence-corrected chi connectivity index (χ1v) is 5.91. The Morgan fingerprint density at radius 3 is 2.94 bits per heavy atom. The van der Waals surface area contributed by atoms with E-state index in [0.717, 1.165) is 23.7 Å². The number of pyridine rings is 1. The van der Waals surface area contributed by atoms with Gasteiger partial charge in [0.1, 0.15) is 11.5 Å². The molecule has 0 unspecified atom stereocenters. The third kappa shape index (κ3) is 2.03. The number of unbranched alkanes of at least 4 members (excludes halogenated alkanes) is 1. The van der Waals surface area contributed by atoms with Crippen LogP contribution < -0.4 is 5.32 Å². The molecule has 1 N–H and O–H groups in total. The molecular weight excluding hydrogens is 198 g/mol. The van der Waals surface area contributed by atoms with Gasteiger partial charge in [0, 0.05) is 12.7 Å². The normalized spacial score (nSPS) is 10.9. The van der Waals surface area contributed by atoms with Gasteiger partial charge >= 0.3 is 0 Å². The van der Waals surface area contributed by atoms with E-state index in [9.17, 15) is 0 Å². The summed E-state index contributed by atoms with van der Waals surface area (Å²) in [5, 5.41) is 3.46. The molecule has 86 valence electrons. The molecule has 2 aromatic heterocycles. The highest BCUT2D eigenvalue weighted by molar-refractivity contribution is 5.55. The van der Waals surface area contributed by atoms with Crippen molar-refractivity contribution in [2.45, 2.75) is 33.6 Å². The van der Waals surface area contributed by atoms with E-state index < -0.39 is 0 Å². The molecule has 3 nitrogen and oxygen atoms in total. The molecule has 0 radical (unpaired) electrons. The SMILES string of the molecule is CCCCNc1c(C)nc2cc(C)ccn12. The van der Waals surface area contributed by atoms with Crippen LogP contribution in [0, 0.1) is 13.8 Å². The lowest BCUT2D eigenvalue weighted by Gasteiger charge is -2.06. The Morgan fingerprint density at radius 2 is 2.19 bits per heavy atom. The molecule has 0 saturated carbocycles. The summed E-state index contributed by atoms with van der Waals surface area (Å²) in [6, 6.07) is 4.22. The largest absolute Gasteiger partial charge is 0.370 e. The smallest absolute Gasteiger partial charge is 0.138 e. The van der Waals surface area contributed by atoms with Crippen LogP contribution >= 0.6 is 0 Å². The molecule has 3 heteroatoms. The minimum absolute atomic E-state index is 1.01. The van der Waals surface area contributed by atoms with E-state index in [4.69, 9.17) is 0 Å². The van der Waals surface area contributed by atoms with Crippen LogP contribution in [0.25, 0.3) is 5.65 Å². The molecule has 2 rings (SSSR count). The van der Waals surface area contributed by atoms with E-state index in [1.807, 2.05) is 0 Å². The van der Waals surface area contributed by atoms with Crippen molar-refractivity contribution in [2.75, 3.05) is 11.9 Å². The van der Waals surface area contributed by atoms with Crippen LogP contribution in [0.15, 0.2) is 18.3 Å². The number of imidazole rings is 1. The van der Waals surface area contributed by atoms with E-state index in [1.54, 1.807) is 0 Å². The van der Waals surface area contributed by atoms with Crippen LogP contribution in [0.2, 0.25) is 0 Å². The van der Waals surface area contributed by atoms with Gasteiger partial charge in [-0.2, -0.15) is 0 Å². The van der Waals surface area contributed by atoms with Crippen molar-refractivity contribution in [3.8, 4) is 0 Å². The third-order valence-corrected chi connectivity index (χ3v) is 2.78. The third-order valence-electron chi connectivity index (χ3n) is 2.78. The summed E-state index contributed by atoms with van der Waals surface area (Å²) in [4.78, 5) is 4.55. The predicted octanol–water partition coefficient (Wildman–Crippen LogP) is 3.16. The number of nitrogens with one attached hydrogen (secondary N) is 1. The van der Waals surface area contributed by atoms with Gasteiger partial charge in [0.2, 0.25) is 0 Å². The maximum atomic E-state index is 4.55. The molecule has 16 heavy (non-hydrogen) atoms. The number of aryl methyl sites for hydroxylation is 2. The minimum Gasteiger partial charge on any atom is -0.370 e. The molecule has 2 aromatic rings. The van der Waals surface area contributed by atoms with E-state index in [2.05, 4.69) is 53.8 Å². The van der Waals surface area contributed by atoms with Crippen LogP contribution in [-0.4, -0.2) is 15.9 Å². The molecule has 0 aliphatic rings. The van der Waals surface area contributed by atoms with Gasteiger partial charge in [-0.25, -0.2) is 4.98 Å². The van der Waals surface area contributed by atoms with Crippen LogP contribution in [0.3, 0.4) is 0 Å². The average Bonchev–Trinajstić information content (AvgIpc) is 2.55. The summed E-state index contributed by atoms with van der Waals surface area (Å²) in [6.07, 6.45) is 4.49. The molecular formula is C13H19N3. The van der Waals surface area contributed by atoms with E-state index >= 15 is 0 Å². The fourth-order valence-corrected chi connectivity index (χ4v) is 1.86. The average molecular weight is 217 g/mol. The van der Waals surface area contributed by atoms with E-state index in [-0.39, 0.29) is 0 Å². The van der Waals surface area contributed by atoms with Crippen LogP contribution in [-0.2, 0) is 0 Å². The summed E-state index contributed by atoms with van der Waals surface area (Å²) >= 11 is 0. The van der Waals surface area contributed by atoms with Crippen LogP contribution in [0.1, 0.15) is 31.0 Å². The highest BCUT2D eigenvalue weighted by Crippen LogP contribution is 2.18. The highest BCUT2D eigenvalue weighted by Gasteiger charge is 2.07. The lowest BCUT2D eigenvalue weighted by molar-refractivity contribution is 0.829. The molecule has 0 spiro atoms. The number of aromatic nitrogens is 2. The number of hydrogen-bond acceptors (Lipinski definition) is 2. The monoisotopic (exact) mass is 217 g/mol. The lowest BCUT2D eigenvalue weighted by Crippen LogP contribution is -2.04. The minimum atomic E-state index is 1.01. The fourth-order valence-electron chi connectivity index (χ4n) is 1.86. The maximum absolute atomic E-state index is 4.55. The molecule has 0 atom stereocenters. The molecule has 2 heterocycles. The standard InChI is InChI=1S/C13H19N3/c1-4-5-7-14-13-11(3)15-12-9-10(2)6-8-16(12)13/h6,8-9,14H,4-5,7H2,1-3H3. The Bertz CT molecular complexity index is 485. The number of anilines is 1. The molecule has 0 fully saturated rings. The van der Waals surface area contributed by atoms with Gasteiger partial charge in [0.05, 0.1) is 5.69 Å². The van der Waals surface area contributed by atoms with Crippen molar-refractivity contribution in [1.82, 2.24) is 9.38 Å². The van der Waals surface area contributed by atoms with Gasteiger partial charge in [-0.3, -0.25) is 4.40 Å². The molecule has 0 amide bonds. The topological polar surface area (TPSA) is 29.3 Å². The Hall–Kier alpha value is -1.51. The first-order chi connectivity index (χ1) is 7.72. The Balaban J connectivity index is 2.32. The summed E-state index contributed by atoms with van der Waals surface area (Å²) < 4.78 is 2.12. The number of fused-ring (bicyclic) bond motifs is 1. The number of rotatable bonds is 4. The molecule has 0 aliphatic heterocycles. The number of nitrogens with zero attached hydrogens (tertiary/aromatic N) is 2. The summed E-state index contributed by atoms with van der Waals surface area (Å²) in [6.45, 7) is 7.36. The van der Waals surface area contributed by atoms with Crippen molar-refractivity contribution in [2.24, 2.45) is 0 Å². The summed E-state index contributed by atoms with van der Waals surface area (Å²) in [7, 11) is 0. The van der Waals surface area contributed by atoms with E-state index in [0.29, 0.717) is 0 Å². The van der Waals surface area contributed by atoms with Gasteiger partial charge in [0.25, 0.3) is 0 Å². The van der Waals surface area contributed by atoms with Crippen LogP contribution in [0.4, 0.5) is 5.82 Å². The Morgan fingerprint density at radius 1 is 1.38 bits per heavy atom. The Kier molecular flexibility index (Phi) is 3.13. The lowest BCUT2D eigenvalue weighted by atomic mass is 10.3. The van der Waals surface area contributed by atoms with Crippen molar-refractivity contribution >= 4 is 11.5 Å². The molecule has 0 bridgehead atoms. The molecule has 0 saturated heterocycles. The Labute approximate surface area is 96.5 Å². The first kappa shape index (κ1) is 11.0. The van der Waals surface area contributed by atoms with Crippen molar-refractivity contribution in [3.05, 3.63) is 29.6 Å². The van der Waals surface area contributed by atoms with Gasteiger partial charge < -0.3 is 5.32 Å². The van der Waals surface area contributed by atoms with Gasteiger partial charge in [-0.05, 0) is 38.0 Å². The quantitative estimate of drug-likeness (QED) is 0.797. The fraction of sp³-hybridized carbons (Fsp3) is 0.462. The molecule has 0 aliphatic carbocycles. The number of hydrogen-bond donors (Lipinski definition) is 1. The second kappa shape index (κ2) is 4.56. The van der Waals surface area contributed by atoms with E-state index in [1.165, 1.54) is 18.4 Å². The summed E-state index contributed by atoms with van der Waals surface area (Å²) in [5.74, 6) is 1.13. The highest BCUT2D eigenvalue weighted by atomic mass is 15.1. The van der Waals surface area contributed by atoms with Gasteiger partial charge in [0.15, 0.2) is 0 Å². The van der Waals surface area contributed by atoms with Gasteiger partial charge in [-0.15, -0.1) is 0 Å². The zero-order valence-corrected chi connectivity index (χ0v) is 10.2. The molecule has 0 aromatic carbocycles. The first-order valence-electron chi connectivity index (χ1n) is 5.91. The second-order valence-electron chi connectivity index (χ2n) is 4.26. The zero-order chi connectivity index (χ0) is 11.5. The van der Waals surface area contributed by atoms with Crippen molar-refractivity contribution in [3.63, 3.8) is 0 Å². The summed E-state index contributed by atoms with van der Waals surface area (Å²) in [5.41, 5.74) is 3.34. The van der Waals surface area contributed by atoms with Gasteiger partial charge in [-0.1, -0.05) is 13.3 Å². The zero-order valence-electron chi connectivity index (χ0n) is 10.2. The second-order valence-corrected chi connectivity index (χ2v) is 4.26. The van der Waals surface area contributed by atoms with Crippen molar-refractivity contribution in [1.29, 1.82) is 0 Å². The van der Waals surface area contributed by atoms with Crippen LogP contribution in [0.5, 0.6) is 0 Å². The predicted molar refractivity (Wildman–Crippen MR) is 68.1 cm³/mol. The van der Waals surface area contributed by atoms with Crippen molar-refractivity contribution < 1.29 is 0 Å². The maximum Gasteiger partial charge on any atom is 0.138 e.